The van der Waals surface area contributed by atoms with E-state index in [4.69, 9.17) is 9.47 Å². The lowest BCUT2D eigenvalue weighted by Crippen LogP contribution is -2.46. The van der Waals surface area contributed by atoms with Gasteiger partial charge in [0, 0.05) is 16.1 Å². The molecule has 7 heteroatoms. The van der Waals surface area contributed by atoms with E-state index in [1.165, 1.54) is 4.90 Å². The second kappa shape index (κ2) is 7.02. The Morgan fingerprint density at radius 2 is 1.96 bits per heavy atom. The van der Waals surface area contributed by atoms with Crippen molar-refractivity contribution in [3.8, 4) is 0 Å². The first kappa shape index (κ1) is 18.9. The quantitative estimate of drug-likeness (QED) is 0.546. The maximum atomic E-state index is 12.5. The molecule has 1 unspecified atom stereocenters. The SMILES string of the molecule is CC(C)(C)OC(=O)N1C2C[C@@H]2C[C@H]1C(=O)OCC(=O)c1cccc(Br)c1. The molecule has 1 aliphatic heterocycles. The molecule has 2 fully saturated rings. The molecule has 1 saturated heterocycles. The minimum Gasteiger partial charge on any atom is -0.456 e. The van der Waals surface area contributed by atoms with Crippen molar-refractivity contribution in [2.75, 3.05) is 6.61 Å². The van der Waals surface area contributed by atoms with Crippen LogP contribution in [0.5, 0.6) is 0 Å². The van der Waals surface area contributed by atoms with E-state index in [1.54, 1.807) is 39.0 Å². The first-order valence-corrected chi connectivity index (χ1v) is 9.42. The molecule has 0 radical (unpaired) electrons. The number of nitrogens with zero attached hydrogens (tertiary/aromatic N) is 1. The molecule has 1 saturated carbocycles. The maximum absolute atomic E-state index is 12.5. The summed E-state index contributed by atoms with van der Waals surface area (Å²) in [5.41, 5.74) is -0.166. The van der Waals surface area contributed by atoms with Gasteiger partial charge in [0.2, 0.25) is 0 Å². The highest BCUT2D eigenvalue weighted by molar-refractivity contribution is 9.10. The van der Waals surface area contributed by atoms with Gasteiger partial charge >= 0.3 is 12.1 Å². The summed E-state index contributed by atoms with van der Waals surface area (Å²) in [5.74, 6) is -0.515. The van der Waals surface area contributed by atoms with Gasteiger partial charge in [-0.3, -0.25) is 9.69 Å². The number of likely N-dealkylation sites (tertiary alicyclic amines) is 1. The van der Waals surface area contributed by atoms with E-state index in [0.29, 0.717) is 17.9 Å². The second-order valence-corrected chi connectivity index (χ2v) is 8.66. The zero-order chi connectivity index (χ0) is 19.1. The minimum absolute atomic E-state index is 0.0446. The van der Waals surface area contributed by atoms with Crippen LogP contribution in [0.2, 0.25) is 0 Å². The third-order valence-corrected chi connectivity index (χ3v) is 4.97. The molecule has 1 aromatic rings. The van der Waals surface area contributed by atoms with Crippen LogP contribution >= 0.6 is 15.9 Å². The van der Waals surface area contributed by atoms with E-state index >= 15 is 0 Å². The maximum Gasteiger partial charge on any atom is 0.411 e. The standard InChI is InChI=1S/C19H22BrNO5/c1-19(2,3)26-18(24)21-14-8-12(14)9-15(21)17(23)25-10-16(22)11-5-4-6-13(20)7-11/h4-7,12,14-15H,8-10H2,1-3H3/t12-,14?,15+/m1/s1. The van der Waals surface area contributed by atoms with Crippen LogP contribution in [-0.4, -0.2) is 47.0 Å². The summed E-state index contributed by atoms with van der Waals surface area (Å²) in [5, 5.41) is 0. The summed E-state index contributed by atoms with van der Waals surface area (Å²) in [7, 11) is 0. The van der Waals surface area contributed by atoms with Crippen LogP contribution in [0.15, 0.2) is 28.7 Å². The molecule has 1 heterocycles. The van der Waals surface area contributed by atoms with E-state index in [-0.39, 0.29) is 18.4 Å². The zero-order valence-corrected chi connectivity index (χ0v) is 16.6. The molecule has 1 amide bonds. The van der Waals surface area contributed by atoms with Gasteiger partial charge in [-0.1, -0.05) is 28.1 Å². The van der Waals surface area contributed by atoms with Gasteiger partial charge in [-0.05, 0) is 51.7 Å². The molecule has 0 bridgehead atoms. The Morgan fingerprint density at radius 1 is 1.23 bits per heavy atom. The first-order valence-electron chi connectivity index (χ1n) is 8.62. The lowest BCUT2D eigenvalue weighted by atomic mass is 10.1. The highest BCUT2D eigenvalue weighted by atomic mass is 79.9. The van der Waals surface area contributed by atoms with Crippen molar-refractivity contribution < 1.29 is 23.9 Å². The summed E-state index contributed by atoms with van der Waals surface area (Å²) >= 11 is 3.31. The van der Waals surface area contributed by atoms with Crippen LogP contribution < -0.4 is 0 Å². The normalized spacial score (nSPS) is 24.0. The number of ketones is 1. The number of halogens is 1. The van der Waals surface area contributed by atoms with Crippen molar-refractivity contribution in [2.45, 2.75) is 51.3 Å². The van der Waals surface area contributed by atoms with Gasteiger partial charge < -0.3 is 9.47 Å². The fourth-order valence-electron chi connectivity index (χ4n) is 3.22. The lowest BCUT2D eigenvalue weighted by Gasteiger charge is -2.29. The summed E-state index contributed by atoms with van der Waals surface area (Å²) in [4.78, 5) is 38.6. The number of hydrogen-bond acceptors (Lipinski definition) is 5. The van der Waals surface area contributed by atoms with Gasteiger partial charge in [0.1, 0.15) is 11.6 Å². The monoisotopic (exact) mass is 423 g/mol. The van der Waals surface area contributed by atoms with Crippen LogP contribution in [0, 0.1) is 5.92 Å². The van der Waals surface area contributed by atoms with Crippen LogP contribution in [-0.2, 0) is 14.3 Å². The Hall–Kier alpha value is -1.89. The number of fused-ring (bicyclic) bond motifs is 1. The number of Topliss-reactive ketones (excluding diaryl/α,β-unsaturated/α-hetero) is 1. The predicted molar refractivity (Wildman–Crippen MR) is 97.8 cm³/mol. The highest BCUT2D eigenvalue weighted by Crippen LogP contribution is 2.48. The molecule has 0 aromatic heterocycles. The van der Waals surface area contributed by atoms with Gasteiger partial charge in [-0.25, -0.2) is 9.59 Å². The average molecular weight is 424 g/mol. The summed E-state index contributed by atoms with van der Waals surface area (Å²) < 4.78 is 11.4. The number of rotatable bonds is 4. The van der Waals surface area contributed by atoms with Crippen LogP contribution in [0.4, 0.5) is 4.79 Å². The molecule has 0 N–H and O–H groups in total. The molecule has 140 valence electrons. The average Bonchev–Trinajstić information content (AvgIpc) is 3.20. The van der Waals surface area contributed by atoms with Gasteiger partial charge in [0.05, 0.1) is 0 Å². The van der Waals surface area contributed by atoms with Crippen LogP contribution in [0.1, 0.15) is 44.0 Å². The first-order chi connectivity index (χ1) is 12.2. The smallest absolute Gasteiger partial charge is 0.411 e. The Bertz CT molecular complexity index is 742. The predicted octanol–water partition coefficient (Wildman–Crippen LogP) is 3.57. The van der Waals surface area contributed by atoms with E-state index in [1.807, 2.05) is 6.07 Å². The number of hydrogen-bond donors (Lipinski definition) is 0. The summed E-state index contributed by atoms with van der Waals surface area (Å²) in [6.07, 6.45) is 0.955. The number of esters is 1. The fraction of sp³-hybridized carbons (Fsp3) is 0.526. The van der Waals surface area contributed by atoms with E-state index in [9.17, 15) is 14.4 Å². The molecule has 1 aromatic carbocycles. The number of piperidine rings is 1. The Morgan fingerprint density at radius 3 is 2.62 bits per heavy atom. The van der Waals surface area contributed by atoms with Gasteiger partial charge in [-0.2, -0.15) is 0 Å². The van der Waals surface area contributed by atoms with Gasteiger partial charge in [-0.15, -0.1) is 0 Å². The van der Waals surface area contributed by atoms with Crippen molar-refractivity contribution in [2.24, 2.45) is 5.92 Å². The van der Waals surface area contributed by atoms with Crippen molar-refractivity contribution in [1.29, 1.82) is 0 Å². The molecule has 26 heavy (non-hydrogen) atoms. The zero-order valence-electron chi connectivity index (χ0n) is 15.0. The number of benzene rings is 1. The number of carbonyl (C=O) groups excluding carboxylic acids is 3. The summed E-state index contributed by atoms with van der Waals surface area (Å²) in [6.45, 7) is 5.02. The number of carbonyl (C=O) groups is 3. The second-order valence-electron chi connectivity index (χ2n) is 7.74. The largest absolute Gasteiger partial charge is 0.456 e. The molecule has 3 atom stereocenters. The fourth-order valence-corrected chi connectivity index (χ4v) is 3.62. The Labute approximate surface area is 161 Å². The van der Waals surface area contributed by atoms with E-state index in [2.05, 4.69) is 15.9 Å². The molecular weight excluding hydrogens is 402 g/mol. The van der Waals surface area contributed by atoms with E-state index in [0.717, 1.165) is 10.9 Å². The van der Waals surface area contributed by atoms with Crippen molar-refractivity contribution in [3.05, 3.63) is 34.3 Å². The lowest BCUT2D eigenvalue weighted by molar-refractivity contribution is -0.148. The third-order valence-electron chi connectivity index (χ3n) is 4.47. The number of ether oxygens (including phenoxy) is 2. The third kappa shape index (κ3) is 4.26. The molecule has 1 aliphatic carbocycles. The Balaban J connectivity index is 1.60. The van der Waals surface area contributed by atoms with Gasteiger partial charge in [0.25, 0.3) is 0 Å². The van der Waals surface area contributed by atoms with Crippen molar-refractivity contribution in [1.82, 2.24) is 4.90 Å². The van der Waals surface area contributed by atoms with Crippen LogP contribution in [0.3, 0.4) is 0 Å². The molecule has 0 spiro atoms. The molecule has 2 aliphatic rings. The van der Waals surface area contributed by atoms with E-state index < -0.39 is 23.7 Å². The minimum atomic E-state index is -0.677. The molecule has 6 nitrogen and oxygen atoms in total. The van der Waals surface area contributed by atoms with Crippen LogP contribution in [0.25, 0.3) is 0 Å². The summed E-state index contributed by atoms with van der Waals surface area (Å²) in [6, 6.07) is 6.26. The molecule has 3 rings (SSSR count). The van der Waals surface area contributed by atoms with Crippen molar-refractivity contribution >= 4 is 33.8 Å². The topological polar surface area (TPSA) is 72.9 Å². The van der Waals surface area contributed by atoms with Crippen molar-refractivity contribution in [3.63, 3.8) is 0 Å². The number of amides is 1. The van der Waals surface area contributed by atoms with Gasteiger partial charge in [0.15, 0.2) is 12.4 Å². The highest BCUT2D eigenvalue weighted by Gasteiger charge is 2.57. The molecular formula is C19H22BrNO5. The Kier molecular flexibility index (Phi) is 5.10.